The summed E-state index contributed by atoms with van der Waals surface area (Å²) in [4.78, 5) is 9.00. The first kappa shape index (κ1) is 25.2. The Morgan fingerprint density at radius 3 is 1.65 bits per heavy atom. The molecule has 0 aromatic rings. The van der Waals surface area contributed by atoms with Crippen molar-refractivity contribution < 1.29 is 24.5 Å². The van der Waals surface area contributed by atoms with E-state index in [4.69, 9.17) is 36.1 Å². The van der Waals surface area contributed by atoms with E-state index in [9.17, 15) is 0 Å². The second-order valence-corrected chi connectivity index (χ2v) is 6.46. The minimum atomic E-state index is -0.833. The van der Waals surface area contributed by atoms with Gasteiger partial charge < -0.3 is 19.7 Å². The molecule has 2 rings (SSSR count). The minimum absolute atomic E-state index is 0. The van der Waals surface area contributed by atoms with Gasteiger partial charge in [-0.15, -0.1) is 12.4 Å². The summed E-state index contributed by atoms with van der Waals surface area (Å²) in [7, 11) is 0. The van der Waals surface area contributed by atoms with Gasteiger partial charge in [-0.2, -0.15) is 0 Å². The maximum atomic E-state index is 9.00. The lowest BCUT2D eigenvalue weighted by atomic mass is 10.0. The van der Waals surface area contributed by atoms with Crippen molar-refractivity contribution >= 4 is 30.0 Å². The molecule has 0 amide bonds. The lowest BCUT2D eigenvalue weighted by Crippen LogP contribution is -2.12. The van der Waals surface area contributed by atoms with Crippen LogP contribution >= 0.6 is 24.0 Å². The zero-order chi connectivity index (χ0) is 17.3. The van der Waals surface area contributed by atoms with E-state index >= 15 is 0 Å². The van der Waals surface area contributed by atoms with Crippen LogP contribution in [0.5, 0.6) is 0 Å². The predicted octanol–water partition coefficient (Wildman–Crippen LogP) is 4.04. The van der Waals surface area contributed by atoms with Gasteiger partial charge >= 0.3 is 0 Å². The van der Waals surface area contributed by atoms with Crippen molar-refractivity contribution in [3.05, 3.63) is 0 Å². The van der Waals surface area contributed by atoms with Crippen LogP contribution < -0.4 is 0 Å². The largest absolute Gasteiger partial charge is 0.481 e. The van der Waals surface area contributed by atoms with Crippen LogP contribution in [-0.2, 0) is 14.3 Å². The Kier molecular flexibility index (Phi) is 14.5. The van der Waals surface area contributed by atoms with Crippen LogP contribution in [0.4, 0.5) is 0 Å². The molecule has 2 aliphatic heterocycles. The van der Waals surface area contributed by atoms with Crippen LogP contribution in [0, 0.1) is 11.8 Å². The molecule has 5 nitrogen and oxygen atoms in total. The Morgan fingerprint density at radius 2 is 1.48 bits per heavy atom. The summed E-state index contributed by atoms with van der Waals surface area (Å²) in [6.07, 6.45) is 4.12. The zero-order valence-corrected chi connectivity index (χ0v) is 16.3. The summed E-state index contributed by atoms with van der Waals surface area (Å²) in [5.41, 5.74) is -0.0232. The third kappa shape index (κ3) is 11.2. The Labute approximate surface area is 151 Å². The number of hydrogen-bond donors (Lipinski definition) is 2. The highest BCUT2D eigenvalue weighted by molar-refractivity contribution is 6.19. The number of carbonyl (C=O) groups is 1. The average molecular weight is 375 g/mol. The number of aliphatic hydroxyl groups excluding tert-OH is 1. The molecule has 0 aromatic carbocycles. The molecule has 2 N–H and O–H groups in total. The average Bonchev–Trinajstić information content (AvgIpc) is 2.90. The summed E-state index contributed by atoms with van der Waals surface area (Å²) in [6.45, 7) is 9.61. The van der Waals surface area contributed by atoms with Crippen LogP contribution in [0.15, 0.2) is 0 Å². The second-order valence-electron chi connectivity index (χ2n) is 5.98. The number of rotatable bonds is 2. The van der Waals surface area contributed by atoms with Crippen molar-refractivity contribution in [1.82, 2.24) is 0 Å². The molecule has 0 saturated carbocycles. The molecule has 1 unspecified atom stereocenters. The highest BCUT2D eigenvalue weighted by Crippen LogP contribution is 2.29. The number of carboxylic acids is 1. The number of halogens is 2. The van der Waals surface area contributed by atoms with E-state index in [0.717, 1.165) is 32.6 Å². The van der Waals surface area contributed by atoms with Crippen molar-refractivity contribution in [3.63, 3.8) is 0 Å². The van der Waals surface area contributed by atoms with Gasteiger partial charge in [-0.25, -0.2) is 0 Å². The molecule has 0 aliphatic carbocycles. The summed E-state index contributed by atoms with van der Waals surface area (Å²) in [5.74, 6) is 0.350. The van der Waals surface area contributed by atoms with Crippen molar-refractivity contribution in [3.8, 4) is 0 Å². The number of carboxylic acid groups (broad SMARTS) is 1. The molecule has 0 aromatic heterocycles. The third-order valence-electron chi connectivity index (χ3n) is 3.86. The highest BCUT2D eigenvalue weighted by Gasteiger charge is 2.29. The fourth-order valence-corrected chi connectivity index (χ4v) is 3.10. The third-order valence-corrected chi connectivity index (χ3v) is 4.14. The van der Waals surface area contributed by atoms with Gasteiger partial charge in [0.1, 0.15) is 5.56 Å². The summed E-state index contributed by atoms with van der Waals surface area (Å²) in [6, 6.07) is 0. The fraction of sp³-hybridized carbons (Fsp3) is 0.938. The first-order chi connectivity index (χ1) is 10.2. The number of ether oxygens (including phenoxy) is 2. The summed E-state index contributed by atoms with van der Waals surface area (Å²) >= 11 is 5.76. The molecule has 140 valence electrons. The second kappa shape index (κ2) is 13.2. The van der Waals surface area contributed by atoms with Crippen molar-refractivity contribution in [1.29, 1.82) is 0 Å². The van der Waals surface area contributed by atoms with Gasteiger partial charge in [0.05, 0.1) is 12.2 Å². The lowest BCUT2D eigenvalue weighted by molar-refractivity contribution is -0.134. The van der Waals surface area contributed by atoms with Crippen LogP contribution in [0.25, 0.3) is 0 Å². The summed E-state index contributed by atoms with van der Waals surface area (Å²) in [5, 5.41) is 16.4. The normalized spacial score (nSPS) is 35.3. The molecule has 0 radical (unpaired) electrons. The van der Waals surface area contributed by atoms with E-state index in [2.05, 4.69) is 27.7 Å². The van der Waals surface area contributed by atoms with Crippen LogP contribution in [-0.4, -0.2) is 40.2 Å². The first-order valence-corrected chi connectivity index (χ1v) is 8.47. The molecule has 7 heteroatoms. The van der Waals surface area contributed by atoms with E-state index in [0.29, 0.717) is 24.0 Å². The molecule has 2 fully saturated rings. The zero-order valence-electron chi connectivity index (χ0n) is 14.7. The Morgan fingerprint density at radius 1 is 1.09 bits per heavy atom. The Bertz CT molecular complexity index is 289. The highest BCUT2D eigenvalue weighted by atomic mass is 35.5. The number of hydrogen-bond acceptors (Lipinski definition) is 4. The molecular formula is C16H32Cl2O5. The van der Waals surface area contributed by atoms with Crippen molar-refractivity contribution in [2.24, 2.45) is 11.8 Å². The van der Waals surface area contributed by atoms with Gasteiger partial charge in [0.2, 0.25) is 0 Å². The quantitative estimate of drug-likeness (QED) is 0.713. The van der Waals surface area contributed by atoms with Crippen molar-refractivity contribution in [2.45, 2.75) is 84.4 Å². The molecule has 0 spiro atoms. The number of alkyl halides is 1. The van der Waals surface area contributed by atoms with Crippen LogP contribution in [0.1, 0.15) is 60.3 Å². The molecule has 2 aliphatic rings. The van der Waals surface area contributed by atoms with Gasteiger partial charge in [-0.1, -0.05) is 39.3 Å². The van der Waals surface area contributed by atoms with Gasteiger partial charge in [-0.05, 0) is 31.1 Å². The monoisotopic (exact) mass is 374 g/mol. The fourth-order valence-electron chi connectivity index (χ4n) is 2.68. The smallest absolute Gasteiger partial charge is 0.300 e. The maximum Gasteiger partial charge on any atom is 0.300 e. The lowest BCUT2D eigenvalue weighted by Gasteiger charge is -2.09. The molecule has 6 atom stereocenters. The number of aliphatic carboxylic acids is 1. The topological polar surface area (TPSA) is 76.0 Å². The molecule has 23 heavy (non-hydrogen) atoms. The van der Waals surface area contributed by atoms with Gasteiger partial charge in [0, 0.05) is 13.3 Å². The van der Waals surface area contributed by atoms with E-state index in [1.165, 1.54) is 0 Å². The van der Waals surface area contributed by atoms with Crippen molar-refractivity contribution in [2.75, 3.05) is 0 Å². The number of aliphatic hydroxyl groups is 1. The molecule has 2 saturated heterocycles. The van der Waals surface area contributed by atoms with E-state index < -0.39 is 12.3 Å². The Hall–Kier alpha value is -0.0700. The molecule has 0 bridgehead atoms. The Balaban J connectivity index is 0. The maximum absolute atomic E-state index is 9.00. The minimum Gasteiger partial charge on any atom is -0.481 e. The van der Waals surface area contributed by atoms with E-state index in [-0.39, 0.29) is 18.0 Å². The van der Waals surface area contributed by atoms with E-state index in [1.807, 2.05) is 0 Å². The predicted molar refractivity (Wildman–Crippen MR) is 94.1 cm³/mol. The van der Waals surface area contributed by atoms with E-state index in [1.54, 1.807) is 0 Å². The van der Waals surface area contributed by atoms with Gasteiger partial charge in [0.15, 0.2) is 6.29 Å². The molecular weight excluding hydrogens is 343 g/mol. The SMILES string of the molecule is CC(=O)O.CC[C@@H]1OC(O)C[C@H]1C.CC[C@@H]1O[C@@H](Cl)C[C@H]1C.Cl. The van der Waals surface area contributed by atoms with Crippen LogP contribution in [0.3, 0.4) is 0 Å². The molecule has 2 heterocycles. The summed E-state index contributed by atoms with van der Waals surface area (Å²) < 4.78 is 10.6. The first-order valence-electron chi connectivity index (χ1n) is 8.03. The standard InChI is InChI=1S/C7H13ClO.C7H14O2.C2H4O2.ClH/c2*1-3-6-5(2)4-7(8)9-6;1-2(3)4;/h5-7H,3-4H2,1-2H3;5-8H,3-4H2,1-2H3;1H3,(H,3,4);1H/t5-,6+,7-;5-,6+,7?;;/m11../s1. The van der Waals surface area contributed by atoms with Gasteiger partial charge in [-0.3, -0.25) is 4.79 Å². The van der Waals surface area contributed by atoms with Crippen LogP contribution in [0.2, 0.25) is 0 Å². The van der Waals surface area contributed by atoms with Gasteiger partial charge in [0.25, 0.3) is 5.97 Å².